The average molecular weight is 426 g/mol. The zero-order valence-corrected chi connectivity index (χ0v) is 17.7. The van der Waals surface area contributed by atoms with E-state index in [1.54, 1.807) is 37.5 Å². The number of carbonyl (C=O) groups excluding carboxylic acids is 1. The summed E-state index contributed by atoms with van der Waals surface area (Å²) < 4.78 is 36.8. The number of esters is 1. The van der Waals surface area contributed by atoms with E-state index in [9.17, 15) is 13.2 Å². The molecule has 1 aromatic heterocycles. The summed E-state index contributed by atoms with van der Waals surface area (Å²) >= 11 is 0. The number of hydrogen-bond acceptors (Lipinski definition) is 7. The first-order valence-electron chi connectivity index (χ1n) is 9.08. The van der Waals surface area contributed by atoms with Gasteiger partial charge in [0, 0.05) is 24.5 Å². The molecule has 3 aromatic rings. The van der Waals surface area contributed by atoms with Gasteiger partial charge in [-0.1, -0.05) is 6.07 Å². The predicted molar refractivity (Wildman–Crippen MR) is 112 cm³/mol. The van der Waals surface area contributed by atoms with Crippen LogP contribution in [0.25, 0.3) is 0 Å². The highest BCUT2D eigenvalue weighted by Gasteiger charge is 2.30. The molecule has 156 valence electrons. The number of benzene rings is 2. The van der Waals surface area contributed by atoms with Crippen LogP contribution in [0.1, 0.15) is 27.0 Å². The minimum atomic E-state index is -4.04. The molecule has 0 saturated heterocycles. The molecule has 0 amide bonds. The molecule has 2 aromatic carbocycles. The Bertz CT molecular complexity index is 1170. The number of pyridine rings is 1. The molecule has 30 heavy (non-hydrogen) atoms. The van der Waals surface area contributed by atoms with Gasteiger partial charge >= 0.3 is 5.97 Å². The molecule has 0 atom stereocenters. The number of carbonyl (C=O) groups is 1. The number of nitrogens with two attached hydrogens (primary N) is 1. The molecule has 0 bridgehead atoms. The lowest BCUT2D eigenvalue weighted by atomic mass is 9.98. The van der Waals surface area contributed by atoms with Gasteiger partial charge in [0.15, 0.2) is 0 Å². The molecule has 0 saturated carbocycles. The van der Waals surface area contributed by atoms with Crippen LogP contribution >= 0.6 is 0 Å². The van der Waals surface area contributed by atoms with Crippen LogP contribution in [-0.4, -0.2) is 33.6 Å². The van der Waals surface area contributed by atoms with Crippen LogP contribution in [0, 0.1) is 6.92 Å². The summed E-state index contributed by atoms with van der Waals surface area (Å²) in [4.78, 5) is 16.5. The van der Waals surface area contributed by atoms with Crippen LogP contribution in [0.3, 0.4) is 0 Å². The van der Waals surface area contributed by atoms with Crippen molar-refractivity contribution in [2.45, 2.75) is 23.1 Å². The van der Waals surface area contributed by atoms with E-state index in [1.807, 2.05) is 6.07 Å². The standard InChI is InChI=1S/C22H22N2O5S/c1-14-20(23)16(11-15-5-4-10-24-13-15)12-19(22(25)29-3)21(14)30(26,27)18-8-6-17(28-2)7-9-18/h4-10,12-13H,11,23H2,1-3H3. The van der Waals surface area contributed by atoms with Gasteiger partial charge in [0.05, 0.1) is 29.6 Å². The number of ether oxygens (including phenoxy) is 2. The molecule has 2 N–H and O–H groups in total. The second kappa shape index (κ2) is 8.54. The molecular formula is C22H22N2O5S. The lowest BCUT2D eigenvalue weighted by Crippen LogP contribution is -2.16. The number of anilines is 1. The van der Waals surface area contributed by atoms with Gasteiger partial charge in [0.25, 0.3) is 0 Å². The van der Waals surface area contributed by atoms with E-state index in [0.717, 1.165) is 5.56 Å². The first kappa shape index (κ1) is 21.3. The van der Waals surface area contributed by atoms with E-state index in [-0.39, 0.29) is 15.4 Å². The Morgan fingerprint density at radius 1 is 1.13 bits per heavy atom. The topological polar surface area (TPSA) is 109 Å². The van der Waals surface area contributed by atoms with E-state index in [2.05, 4.69) is 4.98 Å². The van der Waals surface area contributed by atoms with E-state index >= 15 is 0 Å². The summed E-state index contributed by atoms with van der Waals surface area (Å²) in [7, 11) is -1.34. The summed E-state index contributed by atoms with van der Waals surface area (Å²) in [6.07, 6.45) is 3.74. The molecule has 0 aliphatic heterocycles. The van der Waals surface area contributed by atoms with Gasteiger partial charge in [-0.25, -0.2) is 13.2 Å². The fraction of sp³-hybridized carbons (Fsp3) is 0.182. The minimum Gasteiger partial charge on any atom is -0.497 e. The van der Waals surface area contributed by atoms with E-state index in [4.69, 9.17) is 15.2 Å². The summed E-state index contributed by atoms with van der Waals surface area (Å²) in [6, 6.07) is 11.1. The Labute approximate surface area is 175 Å². The predicted octanol–water partition coefficient (Wildman–Crippen LogP) is 3.19. The van der Waals surface area contributed by atoms with E-state index in [0.29, 0.717) is 29.0 Å². The highest BCUT2D eigenvalue weighted by molar-refractivity contribution is 7.91. The fourth-order valence-corrected chi connectivity index (χ4v) is 4.91. The van der Waals surface area contributed by atoms with Crippen molar-refractivity contribution < 1.29 is 22.7 Å². The summed E-state index contributed by atoms with van der Waals surface area (Å²) in [5.41, 5.74) is 8.35. The molecule has 1 heterocycles. The smallest absolute Gasteiger partial charge is 0.339 e. The van der Waals surface area contributed by atoms with E-state index in [1.165, 1.54) is 32.4 Å². The Morgan fingerprint density at radius 2 is 1.83 bits per heavy atom. The molecule has 0 spiro atoms. The Hall–Kier alpha value is -3.39. The van der Waals surface area contributed by atoms with Gasteiger partial charge in [-0.3, -0.25) is 4.98 Å². The first-order chi connectivity index (χ1) is 14.3. The maximum atomic E-state index is 13.4. The number of nitrogens with zero attached hydrogens (tertiary/aromatic N) is 1. The SMILES string of the molecule is COC(=O)c1cc(Cc2cccnc2)c(N)c(C)c1S(=O)(=O)c1ccc(OC)cc1. The molecule has 0 radical (unpaired) electrons. The van der Waals surface area contributed by atoms with Gasteiger partial charge in [0.1, 0.15) is 5.75 Å². The van der Waals surface area contributed by atoms with Crippen molar-refractivity contribution in [2.75, 3.05) is 20.0 Å². The van der Waals surface area contributed by atoms with Gasteiger partial charge < -0.3 is 15.2 Å². The highest BCUT2D eigenvalue weighted by atomic mass is 32.2. The average Bonchev–Trinajstić information content (AvgIpc) is 2.76. The third-order valence-corrected chi connectivity index (χ3v) is 6.77. The third kappa shape index (κ3) is 3.99. The monoisotopic (exact) mass is 426 g/mol. The highest BCUT2D eigenvalue weighted by Crippen LogP contribution is 2.34. The molecule has 3 rings (SSSR count). The van der Waals surface area contributed by atoms with Crippen molar-refractivity contribution in [2.24, 2.45) is 0 Å². The lowest BCUT2D eigenvalue weighted by Gasteiger charge is -2.18. The maximum absolute atomic E-state index is 13.4. The zero-order chi connectivity index (χ0) is 21.9. The molecule has 0 aliphatic carbocycles. The fourth-order valence-electron chi connectivity index (χ4n) is 3.23. The number of rotatable bonds is 6. The van der Waals surface area contributed by atoms with Crippen LogP contribution in [-0.2, 0) is 21.0 Å². The second-order valence-corrected chi connectivity index (χ2v) is 8.55. The van der Waals surface area contributed by atoms with Crippen LogP contribution in [0.4, 0.5) is 5.69 Å². The molecule has 0 aliphatic rings. The van der Waals surface area contributed by atoms with Crippen LogP contribution < -0.4 is 10.5 Å². The Kier molecular flexibility index (Phi) is 6.07. The van der Waals surface area contributed by atoms with Crippen molar-refractivity contribution in [3.05, 3.63) is 77.1 Å². The van der Waals surface area contributed by atoms with Crippen molar-refractivity contribution in [3.8, 4) is 5.75 Å². The molecule has 0 unspecified atom stereocenters. The quantitative estimate of drug-likeness (QED) is 0.476. The third-order valence-electron chi connectivity index (χ3n) is 4.81. The Balaban J connectivity index is 2.20. The first-order valence-corrected chi connectivity index (χ1v) is 10.6. The second-order valence-electron chi connectivity index (χ2n) is 6.66. The number of nitrogen functional groups attached to an aromatic ring is 1. The van der Waals surface area contributed by atoms with Crippen LogP contribution in [0.2, 0.25) is 0 Å². The van der Waals surface area contributed by atoms with Crippen molar-refractivity contribution in [1.29, 1.82) is 0 Å². The van der Waals surface area contributed by atoms with Gasteiger partial charge in [0.2, 0.25) is 9.84 Å². The van der Waals surface area contributed by atoms with Gasteiger partial charge in [-0.2, -0.15) is 0 Å². The summed E-state index contributed by atoms with van der Waals surface area (Å²) in [6.45, 7) is 1.59. The minimum absolute atomic E-state index is 0.0240. The van der Waals surface area contributed by atoms with Crippen molar-refractivity contribution in [3.63, 3.8) is 0 Å². The number of hydrogen-bond donors (Lipinski definition) is 1. The van der Waals surface area contributed by atoms with Gasteiger partial charge in [-0.05, 0) is 60.0 Å². The molecule has 0 fully saturated rings. The molecule has 8 heteroatoms. The molecular weight excluding hydrogens is 404 g/mol. The lowest BCUT2D eigenvalue weighted by molar-refractivity contribution is 0.0596. The summed E-state index contributed by atoms with van der Waals surface area (Å²) in [5.74, 6) is -0.234. The number of methoxy groups -OCH3 is 2. The largest absolute Gasteiger partial charge is 0.497 e. The van der Waals surface area contributed by atoms with Crippen LogP contribution in [0.15, 0.2) is 64.6 Å². The van der Waals surface area contributed by atoms with Crippen molar-refractivity contribution in [1.82, 2.24) is 4.98 Å². The van der Waals surface area contributed by atoms with Gasteiger partial charge in [-0.15, -0.1) is 0 Å². The molecule has 7 nitrogen and oxygen atoms in total. The van der Waals surface area contributed by atoms with Crippen molar-refractivity contribution >= 4 is 21.5 Å². The van der Waals surface area contributed by atoms with Crippen LogP contribution in [0.5, 0.6) is 5.75 Å². The normalized spacial score (nSPS) is 11.2. The summed E-state index contributed by atoms with van der Waals surface area (Å²) in [5, 5.41) is 0. The number of sulfone groups is 1. The zero-order valence-electron chi connectivity index (χ0n) is 16.9. The van der Waals surface area contributed by atoms with E-state index < -0.39 is 15.8 Å². The Morgan fingerprint density at radius 3 is 2.40 bits per heavy atom. The number of aromatic nitrogens is 1. The maximum Gasteiger partial charge on any atom is 0.339 e.